The average molecular weight is 303 g/mol. The Labute approximate surface area is 130 Å². The molecule has 0 aromatic heterocycles. The van der Waals surface area contributed by atoms with E-state index in [1.807, 2.05) is 0 Å². The van der Waals surface area contributed by atoms with Crippen molar-refractivity contribution >= 4 is 5.69 Å². The van der Waals surface area contributed by atoms with Crippen molar-refractivity contribution in [1.82, 2.24) is 9.80 Å². The fraction of sp³-hybridized carbons (Fsp3) is 0.500. The van der Waals surface area contributed by atoms with E-state index in [0.29, 0.717) is 12.1 Å². The summed E-state index contributed by atoms with van der Waals surface area (Å²) in [6.07, 6.45) is 5.32. The second-order valence-electron chi connectivity index (χ2n) is 5.46. The second kappa shape index (κ2) is 7.90. The third-order valence-electron chi connectivity index (χ3n) is 3.93. The third-order valence-corrected chi connectivity index (χ3v) is 3.93. The molecule has 6 nitrogen and oxygen atoms in total. The summed E-state index contributed by atoms with van der Waals surface area (Å²) in [6.45, 7) is 5.02. The quantitative estimate of drug-likeness (QED) is 0.487. The highest BCUT2D eigenvalue weighted by atomic mass is 16.6. The number of rotatable bonds is 6. The van der Waals surface area contributed by atoms with Gasteiger partial charge >= 0.3 is 0 Å². The molecule has 0 saturated carbocycles. The lowest BCUT2D eigenvalue weighted by Gasteiger charge is -2.35. The number of nitro groups is 1. The molecule has 22 heavy (non-hydrogen) atoms. The number of benzene rings is 1. The maximum absolute atomic E-state index is 10.8. The molecular formula is C16H21N3O3. The Hall–Kier alpha value is -1.94. The highest BCUT2D eigenvalue weighted by molar-refractivity contribution is 5.35. The Kier molecular flexibility index (Phi) is 5.90. The molecule has 1 unspecified atom stereocenters. The molecule has 6 heteroatoms. The predicted octanol–water partition coefficient (Wildman–Crippen LogP) is 1.27. The lowest BCUT2D eigenvalue weighted by Crippen LogP contribution is -2.47. The molecule has 0 radical (unpaired) electrons. The van der Waals surface area contributed by atoms with Gasteiger partial charge in [-0.2, -0.15) is 0 Å². The average Bonchev–Trinajstić information content (AvgIpc) is 2.54. The highest BCUT2D eigenvalue weighted by Gasteiger charge is 2.20. The summed E-state index contributed by atoms with van der Waals surface area (Å²) in [6, 6.07) is 6.20. The third kappa shape index (κ3) is 4.53. The van der Waals surface area contributed by atoms with Crippen molar-refractivity contribution in [3.63, 3.8) is 0 Å². The van der Waals surface area contributed by atoms with Crippen molar-refractivity contribution in [3.05, 3.63) is 39.9 Å². The second-order valence-corrected chi connectivity index (χ2v) is 5.46. The number of nitro benzene ring substituents is 1. The first-order valence-corrected chi connectivity index (χ1v) is 7.40. The molecule has 0 bridgehead atoms. The summed E-state index contributed by atoms with van der Waals surface area (Å²) < 4.78 is 0. The predicted molar refractivity (Wildman–Crippen MR) is 84.4 cm³/mol. The van der Waals surface area contributed by atoms with E-state index in [1.54, 1.807) is 12.1 Å². The molecule has 1 aliphatic heterocycles. The molecule has 1 aromatic rings. The molecule has 118 valence electrons. The fourth-order valence-corrected chi connectivity index (χ4v) is 2.61. The number of terminal acetylenes is 1. The Morgan fingerprint density at radius 3 is 2.64 bits per heavy atom. The van der Waals surface area contributed by atoms with Gasteiger partial charge in [0.2, 0.25) is 0 Å². The first kappa shape index (κ1) is 16.4. The summed E-state index contributed by atoms with van der Waals surface area (Å²) in [7, 11) is 0. The smallest absolute Gasteiger partial charge is 0.269 e. The normalized spacial score (nSPS) is 17.8. The van der Waals surface area contributed by atoms with Gasteiger partial charge in [0.15, 0.2) is 0 Å². The van der Waals surface area contributed by atoms with Gasteiger partial charge in [0.1, 0.15) is 0 Å². The van der Waals surface area contributed by atoms with Crippen LogP contribution in [-0.2, 0) is 0 Å². The maximum atomic E-state index is 10.8. The van der Waals surface area contributed by atoms with Crippen molar-refractivity contribution < 1.29 is 10.0 Å². The molecule has 1 atom stereocenters. The lowest BCUT2D eigenvalue weighted by atomic mass is 10.1. The molecule has 0 aliphatic carbocycles. The first-order chi connectivity index (χ1) is 10.6. The minimum atomic E-state index is -0.711. The molecule has 2 rings (SSSR count). The van der Waals surface area contributed by atoms with Crippen molar-refractivity contribution in [2.75, 3.05) is 39.3 Å². The summed E-state index contributed by atoms with van der Waals surface area (Å²) in [4.78, 5) is 14.8. The number of piperazine rings is 1. The maximum Gasteiger partial charge on any atom is 0.269 e. The monoisotopic (exact) mass is 303 g/mol. The van der Waals surface area contributed by atoms with E-state index in [2.05, 4.69) is 15.7 Å². The van der Waals surface area contributed by atoms with Gasteiger partial charge in [-0.15, -0.1) is 12.3 Å². The van der Waals surface area contributed by atoms with E-state index in [0.717, 1.165) is 39.1 Å². The van der Waals surface area contributed by atoms with E-state index in [-0.39, 0.29) is 5.69 Å². The summed E-state index contributed by atoms with van der Waals surface area (Å²) in [5, 5.41) is 21.1. The van der Waals surface area contributed by atoms with E-state index in [9.17, 15) is 15.2 Å². The molecule has 1 saturated heterocycles. The van der Waals surface area contributed by atoms with Gasteiger partial charge < -0.3 is 5.11 Å². The zero-order valence-electron chi connectivity index (χ0n) is 12.5. The summed E-state index contributed by atoms with van der Waals surface area (Å²) in [5.74, 6) is 2.64. The van der Waals surface area contributed by atoms with Gasteiger partial charge in [0.05, 0.1) is 11.0 Å². The minimum Gasteiger partial charge on any atom is -0.387 e. The van der Waals surface area contributed by atoms with Crippen LogP contribution >= 0.6 is 0 Å². The highest BCUT2D eigenvalue weighted by Crippen LogP contribution is 2.20. The molecule has 1 aliphatic rings. The van der Waals surface area contributed by atoms with Gasteiger partial charge in [-0.25, -0.2) is 0 Å². The van der Waals surface area contributed by atoms with Crippen molar-refractivity contribution in [1.29, 1.82) is 0 Å². The van der Waals surface area contributed by atoms with E-state index < -0.39 is 11.0 Å². The topological polar surface area (TPSA) is 69.8 Å². The largest absolute Gasteiger partial charge is 0.387 e. The molecule has 1 N–H and O–H groups in total. The van der Waals surface area contributed by atoms with Crippen LogP contribution in [0.15, 0.2) is 24.3 Å². The zero-order chi connectivity index (χ0) is 15.9. The van der Waals surface area contributed by atoms with E-state index in [1.165, 1.54) is 12.1 Å². The van der Waals surface area contributed by atoms with Crippen LogP contribution in [0, 0.1) is 22.5 Å². The van der Waals surface area contributed by atoms with E-state index >= 15 is 0 Å². The number of aliphatic hydroxyl groups is 1. The van der Waals surface area contributed by atoms with Crippen LogP contribution in [0.25, 0.3) is 0 Å². The van der Waals surface area contributed by atoms with Crippen LogP contribution in [0.3, 0.4) is 0 Å². The number of non-ortho nitro benzene ring substituents is 1. The number of nitrogens with zero attached hydrogens (tertiary/aromatic N) is 3. The van der Waals surface area contributed by atoms with Crippen LogP contribution in [-0.4, -0.2) is 59.1 Å². The van der Waals surface area contributed by atoms with Crippen LogP contribution < -0.4 is 0 Å². The molecule has 0 spiro atoms. The molecule has 1 aromatic carbocycles. The SMILES string of the molecule is C#CCCN1CCN(CC(O)c2cccc([N+](=O)[O-])c2)CC1. The van der Waals surface area contributed by atoms with Gasteiger partial charge in [-0.05, 0) is 5.56 Å². The zero-order valence-corrected chi connectivity index (χ0v) is 12.5. The minimum absolute atomic E-state index is 0.00986. The van der Waals surface area contributed by atoms with Crippen LogP contribution in [0.4, 0.5) is 5.69 Å². The van der Waals surface area contributed by atoms with Gasteiger partial charge in [-0.3, -0.25) is 19.9 Å². The Bertz CT molecular complexity index is 548. The standard InChI is InChI=1S/C16H21N3O3/c1-2-3-7-17-8-10-18(11-9-17)13-16(20)14-5-4-6-15(12-14)19(21)22/h1,4-6,12,16,20H,3,7-11,13H2. The number of β-amino-alcohol motifs (C(OH)–C–C–N with tert-alkyl or cyclic N) is 1. The first-order valence-electron chi connectivity index (χ1n) is 7.40. The van der Waals surface area contributed by atoms with Crippen LogP contribution in [0.5, 0.6) is 0 Å². The van der Waals surface area contributed by atoms with Gasteiger partial charge in [0.25, 0.3) is 5.69 Å². The molecular weight excluding hydrogens is 282 g/mol. The van der Waals surface area contributed by atoms with E-state index in [4.69, 9.17) is 6.42 Å². The van der Waals surface area contributed by atoms with Crippen molar-refractivity contribution in [2.45, 2.75) is 12.5 Å². The Balaban J connectivity index is 1.85. The molecule has 1 heterocycles. The Morgan fingerprint density at radius 1 is 1.32 bits per heavy atom. The van der Waals surface area contributed by atoms with Crippen LogP contribution in [0.2, 0.25) is 0 Å². The number of hydrogen-bond acceptors (Lipinski definition) is 5. The lowest BCUT2D eigenvalue weighted by molar-refractivity contribution is -0.385. The summed E-state index contributed by atoms with van der Waals surface area (Å²) >= 11 is 0. The number of aliphatic hydroxyl groups excluding tert-OH is 1. The summed E-state index contributed by atoms with van der Waals surface area (Å²) in [5.41, 5.74) is 0.597. The van der Waals surface area contributed by atoms with Gasteiger partial charge in [0, 0.05) is 57.8 Å². The Morgan fingerprint density at radius 2 is 2.00 bits per heavy atom. The van der Waals surface area contributed by atoms with Crippen molar-refractivity contribution in [2.24, 2.45) is 0 Å². The van der Waals surface area contributed by atoms with Crippen LogP contribution in [0.1, 0.15) is 18.1 Å². The number of hydrogen-bond donors (Lipinski definition) is 1. The molecule has 1 fully saturated rings. The molecule has 0 amide bonds. The van der Waals surface area contributed by atoms with Gasteiger partial charge in [-0.1, -0.05) is 12.1 Å². The fourth-order valence-electron chi connectivity index (χ4n) is 2.61. The van der Waals surface area contributed by atoms with Crippen molar-refractivity contribution in [3.8, 4) is 12.3 Å².